The number of nitrogens with two attached hydrogens (primary N) is 2. The van der Waals surface area contributed by atoms with Crippen molar-refractivity contribution >= 4 is 72.4 Å². The molecule has 0 saturated carbocycles. The first-order valence-corrected chi connectivity index (χ1v) is 16.2. The van der Waals surface area contributed by atoms with Crippen molar-refractivity contribution in [2.75, 3.05) is 11.5 Å². The van der Waals surface area contributed by atoms with Gasteiger partial charge in [-0.1, -0.05) is 30.3 Å². The smallest absolute Gasteiger partial charge is 0.339 e. The van der Waals surface area contributed by atoms with Crippen LogP contribution in [-0.4, -0.2) is 34.3 Å². The van der Waals surface area contributed by atoms with Crippen LogP contribution in [0.2, 0.25) is 0 Å². The summed E-state index contributed by atoms with van der Waals surface area (Å²) in [6, 6.07) is 28.1. The Kier molecular flexibility index (Phi) is 9.18. The zero-order valence-electron chi connectivity index (χ0n) is 26.2. The number of hydrogen-bond donors (Lipinski definition) is 6. The monoisotopic (exact) mass is 702 g/mol. The Morgan fingerprint density at radius 3 is 1.63 bits per heavy atom. The number of rotatable bonds is 9. The van der Waals surface area contributed by atoms with E-state index in [-0.39, 0.29) is 44.8 Å². The fourth-order valence-electron chi connectivity index (χ4n) is 4.92. The third-order valence-corrected chi connectivity index (χ3v) is 8.41. The second-order valence-corrected chi connectivity index (χ2v) is 12.3. The highest BCUT2D eigenvalue weighted by molar-refractivity contribution is 7.86. The van der Waals surface area contributed by atoms with Crippen molar-refractivity contribution in [3.63, 3.8) is 0 Å². The van der Waals surface area contributed by atoms with E-state index in [1.807, 2.05) is 12.1 Å². The van der Waals surface area contributed by atoms with Crippen molar-refractivity contribution in [2.45, 2.75) is 4.90 Å². The lowest BCUT2D eigenvalue weighted by Gasteiger charge is -2.12. The third kappa shape index (κ3) is 7.51. The number of benzene rings is 6. The normalized spacial score (nSPS) is 12.0. The highest BCUT2D eigenvalue weighted by Gasteiger charge is 2.22. The van der Waals surface area contributed by atoms with Crippen LogP contribution in [0, 0.1) is 0 Å². The lowest BCUT2D eigenvalue weighted by Crippen LogP contribution is -2.01. The van der Waals surface area contributed by atoms with Crippen LogP contribution in [0.3, 0.4) is 0 Å². The van der Waals surface area contributed by atoms with E-state index in [1.165, 1.54) is 30.3 Å². The SMILES string of the molecule is Nc1ccc(N=Nc2ccc3c(S(=O)(=O)O)cc(N=Nc4ccc(-c5ccc(N=Nc6ccc(O)c(C(=O)O)c6)cc5)cc4)c(N)c3c2O)cc1. The van der Waals surface area contributed by atoms with Gasteiger partial charge in [0.1, 0.15) is 27.6 Å². The number of nitrogen functional groups attached to an aromatic ring is 2. The molecule has 0 heterocycles. The number of carboxylic acids is 1. The molecule has 0 aliphatic rings. The molecule has 254 valence electrons. The maximum Gasteiger partial charge on any atom is 0.339 e. The molecular weight excluding hydrogens is 677 g/mol. The lowest BCUT2D eigenvalue weighted by atomic mass is 10.1. The molecule has 0 aliphatic heterocycles. The molecular formula is C35H26N8O7S. The van der Waals surface area contributed by atoms with Crippen LogP contribution in [0.4, 0.5) is 45.5 Å². The van der Waals surface area contributed by atoms with Crippen LogP contribution < -0.4 is 11.5 Å². The van der Waals surface area contributed by atoms with Gasteiger partial charge in [0.2, 0.25) is 0 Å². The van der Waals surface area contributed by atoms with Gasteiger partial charge in [0.15, 0.2) is 5.75 Å². The Hall–Kier alpha value is -7.04. The largest absolute Gasteiger partial charge is 0.507 e. The number of carbonyl (C=O) groups is 1. The molecule has 0 bridgehead atoms. The summed E-state index contributed by atoms with van der Waals surface area (Å²) >= 11 is 0. The van der Waals surface area contributed by atoms with Crippen LogP contribution in [0.25, 0.3) is 21.9 Å². The van der Waals surface area contributed by atoms with Crippen LogP contribution >= 0.6 is 0 Å². The number of azo groups is 3. The number of carboxylic acid groups (broad SMARTS) is 1. The molecule has 51 heavy (non-hydrogen) atoms. The van der Waals surface area contributed by atoms with Crippen molar-refractivity contribution in [1.82, 2.24) is 0 Å². The molecule has 16 heteroatoms. The fourth-order valence-corrected chi connectivity index (χ4v) is 5.63. The Balaban J connectivity index is 1.24. The molecule has 6 aromatic carbocycles. The molecule has 0 radical (unpaired) electrons. The Morgan fingerprint density at radius 2 is 1.08 bits per heavy atom. The van der Waals surface area contributed by atoms with Crippen LogP contribution in [0.5, 0.6) is 11.5 Å². The van der Waals surface area contributed by atoms with Crippen molar-refractivity contribution in [1.29, 1.82) is 0 Å². The van der Waals surface area contributed by atoms with Crippen molar-refractivity contribution in [3.8, 4) is 22.6 Å². The molecule has 0 fully saturated rings. The van der Waals surface area contributed by atoms with E-state index >= 15 is 0 Å². The minimum absolute atomic E-state index is 0.0141. The fraction of sp³-hybridized carbons (Fsp3) is 0. The van der Waals surface area contributed by atoms with Gasteiger partial charge in [-0.25, -0.2) is 4.79 Å². The maximum absolute atomic E-state index is 12.3. The second kappa shape index (κ2) is 13.8. The predicted octanol–water partition coefficient (Wildman–Crippen LogP) is 9.27. The summed E-state index contributed by atoms with van der Waals surface area (Å²) < 4.78 is 34.6. The molecule has 6 rings (SSSR count). The summed E-state index contributed by atoms with van der Waals surface area (Å²) in [6.45, 7) is 0. The maximum atomic E-state index is 12.3. The number of nitrogens with zero attached hydrogens (tertiary/aromatic N) is 6. The number of aromatic hydroxyl groups is 2. The highest BCUT2D eigenvalue weighted by atomic mass is 32.2. The van der Waals surface area contributed by atoms with E-state index in [9.17, 15) is 28.0 Å². The van der Waals surface area contributed by atoms with E-state index in [0.717, 1.165) is 17.2 Å². The number of hydrogen-bond acceptors (Lipinski definition) is 13. The summed E-state index contributed by atoms with van der Waals surface area (Å²) in [5, 5.41) is 54.4. The van der Waals surface area contributed by atoms with Gasteiger partial charge < -0.3 is 26.8 Å². The standard InChI is InChI=1S/C35H26N8O7S/c36-21-5-11-24(12-6-21)39-42-28-15-14-26-31(51(48,49)50)18-29(33(37)32(26)34(28)45)43-40-23-9-3-20(4-10-23)19-1-7-22(8-2-19)38-41-25-13-16-30(44)27(17-25)35(46)47/h1-18,44-45H,36-37H2,(H,46,47)(H,48,49,50). The topological polar surface area (TPSA) is 258 Å². The molecule has 0 saturated heterocycles. The van der Waals surface area contributed by atoms with E-state index in [4.69, 9.17) is 16.6 Å². The molecule has 0 aromatic heterocycles. The minimum atomic E-state index is -4.78. The van der Waals surface area contributed by atoms with Gasteiger partial charge in [-0.2, -0.15) is 28.9 Å². The van der Waals surface area contributed by atoms with E-state index in [1.54, 1.807) is 60.7 Å². The molecule has 0 unspecified atom stereocenters. The van der Waals surface area contributed by atoms with Crippen molar-refractivity contribution in [2.24, 2.45) is 30.7 Å². The molecule has 0 atom stereocenters. The summed E-state index contributed by atoms with van der Waals surface area (Å²) in [4.78, 5) is 10.7. The minimum Gasteiger partial charge on any atom is -0.507 e. The van der Waals surface area contributed by atoms with Gasteiger partial charge in [-0.3, -0.25) is 4.55 Å². The average molecular weight is 703 g/mol. The van der Waals surface area contributed by atoms with E-state index in [0.29, 0.717) is 22.7 Å². The van der Waals surface area contributed by atoms with Crippen molar-refractivity contribution in [3.05, 3.63) is 115 Å². The molecule has 0 spiro atoms. The number of fused-ring (bicyclic) bond motifs is 1. The highest BCUT2D eigenvalue weighted by Crippen LogP contribution is 2.45. The number of phenolic OH excluding ortho intramolecular Hbond substituents is 1. The van der Waals surface area contributed by atoms with Gasteiger partial charge in [0.05, 0.1) is 33.8 Å². The van der Waals surface area contributed by atoms with E-state index in [2.05, 4.69) is 30.7 Å². The van der Waals surface area contributed by atoms with Crippen LogP contribution in [0.15, 0.2) is 145 Å². The molecule has 0 aliphatic carbocycles. The summed E-state index contributed by atoms with van der Waals surface area (Å²) in [5.74, 6) is -2.13. The summed E-state index contributed by atoms with van der Waals surface area (Å²) in [6.07, 6.45) is 0. The Bertz CT molecular complexity index is 2500. The quantitative estimate of drug-likeness (QED) is 0.0475. The predicted molar refractivity (Wildman–Crippen MR) is 190 cm³/mol. The summed E-state index contributed by atoms with van der Waals surface area (Å²) in [5.41, 5.74) is 15.3. The first-order valence-electron chi connectivity index (χ1n) is 14.8. The average Bonchev–Trinajstić information content (AvgIpc) is 3.11. The lowest BCUT2D eigenvalue weighted by molar-refractivity contribution is 0.0693. The zero-order chi connectivity index (χ0) is 36.3. The first-order chi connectivity index (χ1) is 24.4. The zero-order valence-corrected chi connectivity index (χ0v) is 27.0. The number of anilines is 2. The Morgan fingerprint density at radius 1 is 0.588 bits per heavy atom. The van der Waals surface area contributed by atoms with Crippen LogP contribution in [-0.2, 0) is 10.1 Å². The number of phenols is 2. The van der Waals surface area contributed by atoms with Crippen LogP contribution in [0.1, 0.15) is 10.4 Å². The summed E-state index contributed by atoms with van der Waals surface area (Å²) in [7, 11) is -4.78. The van der Waals surface area contributed by atoms with Gasteiger partial charge in [0, 0.05) is 11.1 Å². The molecule has 6 aromatic rings. The first kappa shape index (κ1) is 33.8. The van der Waals surface area contributed by atoms with Gasteiger partial charge >= 0.3 is 5.97 Å². The van der Waals surface area contributed by atoms with E-state index < -0.39 is 26.7 Å². The molecule has 0 amide bonds. The third-order valence-electron chi connectivity index (χ3n) is 7.51. The van der Waals surface area contributed by atoms with Crippen molar-refractivity contribution < 1.29 is 33.1 Å². The van der Waals surface area contributed by atoms with Gasteiger partial charge in [-0.05, 0) is 90.0 Å². The number of aromatic carboxylic acids is 1. The van der Waals surface area contributed by atoms with Gasteiger partial charge in [0.25, 0.3) is 10.1 Å². The molecule has 15 nitrogen and oxygen atoms in total. The molecule has 8 N–H and O–H groups in total. The Labute approximate surface area is 289 Å². The van der Waals surface area contributed by atoms with Gasteiger partial charge in [-0.15, -0.1) is 10.2 Å². The second-order valence-electron chi connectivity index (χ2n) is 10.9.